The van der Waals surface area contributed by atoms with Crippen molar-refractivity contribution < 1.29 is 4.79 Å². The van der Waals surface area contributed by atoms with Gasteiger partial charge in [-0.05, 0) is 19.9 Å². The SMILES string of the molecule is C=C(C)CC(=O)c1cccc(C)c1. The summed E-state index contributed by atoms with van der Waals surface area (Å²) in [4.78, 5) is 11.5. The lowest BCUT2D eigenvalue weighted by molar-refractivity contribution is 0.0993. The Morgan fingerprint density at radius 2 is 2.15 bits per heavy atom. The fourth-order valence-corrected chi connectivity index (χ4v) is 1.19. The molecule has 0 amide bonds. The Morgan fingerprint density at radius 3 is 2.69 bits per heavy atom. The van der Waals surface area contributed by atoms with Crippen LogP contribution in [-0.2, 0) is 0 Å². The molecule has 0 radical (unpaired) electrons. The smallest absolute Gasteiger partial charge is 0.166 e. The Balaban J connectivity index is 2.83. The lowest BCUT2D eigenvalue weighted by Gasteiger charge is -2.00. The molecule has 68 valence electrons. The lowest BCUT2D eigenvalue weighted by atomic mass is 10.0. The van der Waals surface area contributed by atoms with E-state index in [1.54, 1.807) is 0 Å². The molecule has 1 nitrogen and oxygen atoms in total. The van der Waals surface area contributed by atoms with E-state index in [9.17, 15) is 4.79 Å². The Morgan fingerprint density at radius 1 is 1.46 bits per heavy atom. The van der Waals surface area contributed by atoms with Crippen LogP contribution >= 0.6 is 0 Å². The van der Waals surface area contributed by atoms with Crippen molar-refractivity contribution in [2.75, 3.05) is 0 Å². The third-order valence-electron chi connectivity index (χ3n) is 1.80. The molecule has 1 rings (SSSR count). The summed E-state index contributed by atoms with van der Waals surface area (Å²) in [5.41, 5.74) is 2.81. The number of carbonyl (C=O) groups excluding carboxylic acids is 1. The highest BCUT2D eigenvalue weighted by Crippen LogP contribution is 2.09. The molecular weight excluding hydrogens is 160 g/mol. The van der Waals surface area contributed by atoms with E-state index in [0.717, 1.165) is 16.7 Å². The van der Waals surface area contributed by atoms with E-state index in [0.29, 0.717) is 6.42 Å². The van der Waals surface area contributed by atoms with Gasteiger partial charge in [-0.15, -0.1) is 0 Å². The minimum absolute atomic E-state index is 0.149. The highest BCUT2D eigenvalue weighted by molar-refractivity contribution is 5.97. The zero-order valence-electron chi connectivity index (χ0n) is 8.13. The molecule has 0 saturated heterocycles. The number of rotatable bonds is 3. The van der Waals surface area contributed by atoms with Crippen molar-refractivity contribution in [1.82, 2.24) is 0 Å². The van der Waals surface area contributed by atoms with Crippen LogP contribution in [0.4, 0.5) is 0 Å². The average molecular weight is 174 g/mol. The van der Waals surface area contributed by atoms with Crippen molar-refractivity contribution in [1.29, 1.82) is 0 Å². The summed E-state index contributed by atoms with van der Waals surface area (Å²) in [7, 11) is 0. The largest absolute Gasteiger partial charge is 0.294 e. The average Bonchev–Trinajstić information content (AvgIpc) is 2.03. The summed E-state index contributed by atoms with van der Waals surface area (Å²) < 4.78 is 0. The number of allylic oxidation sites excluding steroid dienone is 1. The van der Waals surface area contributed by atoms with Gasteiger partial charge in [-0.1, -0.05) is 35.9 Å². The maximum absolute atomic E-state index is 11.5. The number of aryl methyl sites for hydroxylation is 1. The second-order valence-electron chi connectivity index (χ2n) is 3.43. The standard InChI is InChI=1S/C12H14O/c1-9(2)7-12(13)11-6-4-5-10(3)8-11/h4-6,8H,1,7H2,2-3H3. The number of benzene rings is 1. The van der Waals surface area contributed by atoms with Crippen molar-refractivity contribution in [2.45, 2.75) is 20.3 Å². The summed E-state index contributed by atoms with van der Waals surface area (Å²) in [6.07, 6.45) is 0.448. The van der Waals surface area contributed by atoms with Gasteiger partial charge in [0, 0.05) is 12.0 Å². The first-order chi connectivity index (χ1) is 6.09. The molecule has 13 heavy (non-hydrogen) atoms. The van der Waals surface area contributed by atoms with Crippen molar-refractivity contribution in [2.24, 2.45) is 0 Å². The lowest BCUT2D eigenvalue weighted by Crippen LogP contribution is -1.99. The third-order valence-corrected chi connectivity index (χ3v) is 1.80. The molecule has 0 aliphatic rings. The monoisotopic (exact) mass is 174 g/mol. The van der Waals surface area contributed by atoms with Crippen LogP contribution in [0, 0.1) is 6.92 Å². The van der Waals surface area contributed by atoms with Gasteiger partial charge in [-0.2, -0.15) is 0 Å². The second kappa shape index (κ2) is 4.04. The molecule has 0 fully saturated rings. The molecule has 1 aromatic carbocycles. The van der Waals surface area contributed by atoms with Crippen LogP contribution in [0.1, 0.15) is 29.3 Å². The molecule has 0 aliphatic heterocycles. The van der Waals surface area contributed by atoms with E-state index in [1.165, 1.54) is 0 Å². The van der Waals surface area contributed by atoms with Crippen LogP contribution in [0.2, 0.25) is 0 Å². The van der Waals surface area contributed by atoms with Crippen molar-refractivity contribution >= 4 is 5.78 Å². The minimum Gasteiger partial charge on any atom is -0.294 e. The van der Waals surface area contributed by atoms with E-state index in [2.05, 4.69) is 6.58 Å². The number of hydrogen-bond acceptors (Lipinski definition) is 1. The Kier molecular flexibility index (Phi) is 3.02. The second-order valence-corrected chi connectivity index (χ2v) is 3.43. The van der Waals surface area contributed by atoms with Crippen molar-refractivity contribution in [3.63, 3.8) is 0 Å². The Labute approximate surface area is 79.1 Å². The molecule has 0 unspecified atom stereocenters. The van der Waals surface area contributed by atoms with Gasteiger partial charge in [0.15, 0.2) is 5.78 Å². The molecule has 1 aromatic rings. The topological polar surface area (TPSA) is 17.1 Å². The number of carbonyl (C=O) groups is 1. The quantitative estimate of drug-likeness (QED) is 0.508. The zero-order valence-corrected chi connectivity index (χ0v) is 8.13. The van der Waals surface area contributed by atoms with Crippen molar-refractivity contribution in [3.05, 3.63) is 47.5 Å². The van der Waals surface area contributed by atoms with Crippen LogP contribution in [0.25, 0.3) is 0 Å². The fraction of sp³-hybridized carbons (Fsp3) is 0.250. The summed E-state index contributed by atoms with van der Waals surface area (Å²) in [5, 5.41) is 0. The van der Waals surface area contributed by atoms with E-state index in [-0.39, 0.29) is 5.78 Å². The fourth-order valence-electron chi connectivity index (χ4n) is 1.19. The van der Waals surface area contributed by atoms with Crippen LogP contribution < -0.4 is 0 Å². The van der Waals surface area contributed by atoms with Gasteiger partial charge in [0.2, 0.25) is 0 Å². The maximum Gasteiger partial charge on any atom is 0.166 e. The maximum atomic E-state index is 11.5. The number of hydrogen-bond donors (Lipinski definition) is 0. The highest BCUT2D eigenvalue weighted by Gasteiger charge is 2.04. The zero-order chi connectivity index (χ0) is 9.84. The van der Waals surface area contributed by atoms with Gasteiger partial charge in [0.05, 0.1) is 0 Å². The molecule has 0 atom stereocenters. The third kappa shape index (κ3) is 2.86. The van der Waals surface area contributed by atoms with Crippen molar-refractivity contribution in [3.8, 4) is 0 Å². The minimum atomic E-state index is 0.149. The van der Waals surface area contributed by atoms with Crippen LogP contribution in [0.15, 0.2) is 36.4 Å². The van der Waals surface area contributed by atoms with E-state index in [1.807, 2.05) is 38.1 Å². The summed E-state index contributed by atoms with van der Waals surface area (Å²) in [5.74, 6) is 0.149. The van der Waals surface area contributed by atoms with Crippen LogP contribution in [0.5, 0.6) is 0 Å². The normalized spacial score (nSPS) is 9.69. The highest BCUT2D eigenvalue weighted by atomic mass is 16.1. The molecular formula is C12H14O. The molecule has 1 heteroatoms. The van der Waals surface area contributed by atoms with Crippen LogP contribution in [0.3, 0.4) is 0 Å². The first kappa shape index (κ1) is 9.72. The molecule has 0 spiro atoms. The van der Waals surface area contributed by atoms with Crippen LogP contribution in [-0.4, -0.2) is 5.78 Å². The van der Waals surface area contributed by atoms with Gasteiger partial charge in [-0.3, -0.25) is 4.79 Å². The molecule has 0 aromatic heterocycles. The first-order valence-electron chi connectivity index (χ1n) is 4.34. The number of Topliss-reactive ketones (excluding diaryl/α,β-unsaturated/α-hetero) is 1. The van der Waals surface area contributed by atoms with Gasteiger partial charge >= 0.3 is 0 Å². The molecule has 0 saturated carbocycles. The van der Waals surface area contributed by atoms with Gasteiger partial charge in [0.1, 0.15) is 0 Å². The predicted octanol–water partition coefficient (Wildman–Crippen LogP) is 3.14. The molecule has 0 aliphatic carbocycles. The summed E-state index contributed by atoms with van der Waals surface area (Å²) in [6.45, 7) is 7.57. The van der Waals surface area contributed by atoms with Gasteiger partial charge < -0.3 is 0 Å². The van der Waals surface area contributed by atoms with E-state index < -0.39 is 0 Å². The van der Waals surface area contributed by atoms with Gasteiger partial charge in [0.25, 0.3) is 0 Å². The predicted molar refractivity (Wildman–Crippen MR) is 54.9 cm³/mol. The Bertz CT molecular complexity index is 337. The summed E-state index contributed by atoms with van der Waals surface area (Å²) in [6, 6.07) is 7.64. The molecule has 0 N–H and O–H groups in total. The molecule has 0 heterocycles. The first-order valence-corrected chi connectivity index (χ1v) is 4.34. The number of ketones is 1. The van der Waals surface area contributed by atoms with E-state index in [4.69, 9.17) is 0 Å². The summed E-state index contributed by atoms with van der Waals surface area (Å²) >= 11 is 0. The molecule has 0 bridgehead atoms. The van der Waals surface area contributed by atoms with E-state index >= 15 is 0 Å². The van der Waals surface area contributed by atoms with Gasteiger partial charge in [-0.25, -0.2) is 0 Å². The Hall–Kier alpha value is -1.37.